The highest BCUT2D eigenvalue weighted by molar-refractivity contribution is 7.99. The smallest absolute Gasteiger partial charge is 0.326 e. The Bertz CT molecular complexity index is 1980. The van der Waals surface area contributed by atoms with Crippen LogP contribution in [-0.4, -0.2) is 133 Å². The number of esters is 2. The van der Waals surface area contributed by atoms with Gasteiger partial charge < -0.3 is 64.1 Å². The average molecular weight is 1420 g/mol. The molecule has 0 aliphatic carbocycles. The van der Waals surface area contributed by atoms with Crippen LogP contribution >= 0.6 is 11.8 Å². The summed E-state index contributed by atoms with van der Waals surface area (Å²) in [5.74, 6) is -4.74. The number of thioether (sulfide) groups is 1. The van der Waals surface area contributed by atoms with E-state index < -0.39 is 65.9 Å². The molecule has 0 heterocycles. The van der Waals surface area contributed by atoms with Crippen LogP contribution in [0.2, 0.25) is 0 Å². The first-order valence-corrected chi connectivity index (χ1v) is 41.8. The number of carboxylic acid groups (broad SMARTS) is 1. The predicted octanol–water partition coefficient (Wildman–Crippen LogP) is 14.6. The Balaban J connectivity index is 6.59. The number of rotatable bonds is 75. The van der Waals surface area contributed by atoms with Gasteiger partial charge in [0.25, 0.3) is 0 Å². The molecule has 20 nitrogen and oxygen atoms in total. The SMILES string of the molecule is CCCCCCCCCCCCCCCC(=O)N[C@H](CSC[C@@H](COC(=O)CCCCCCCCCCCCCCC)OC(=O)CCCCCCCCCCCCCCC)C(=O)N[C@@H](CCCCN)C(=O)N[C@@H](CCCCN)C(=O)N[C@@H](CCCCN)C(=O)N[C@@H](CCCCN)C(=O)O. The Morgan fingerprint density at radius 3 is 0.899 bits per heavy atom. The zero-order chi connectivity index (χ0) is 72.9. The van der Waals surface area contributed by atoms with Gasteiger partial charge in [0.15, 0.2) is 0 Å². The second-order valence-corrected chi connectivity index (χ2v) is 29.2. The third-order valence-corrected chi connectivity index (χ3v) is 19.9. The van der Waals surface area contributed by atoms with Gasteiger partial charge in [-0.05, 0) is 122 Å². The molecule has 0 aliphatic rings. The molecular weight excluding hydrogens is 1270 g/mol. The molecule has 0 fully saturated rings. The maximum atomic E-state index is 14.8. The average Bonchev–Trinajstić information content (AvgIpc) is 0.881. The second-order valence-electron chi connectivity index (χ2n) is 28.2. The molecule has 0 unspecified atom stereocenters. The van der Waals surface area contributed by atoms with E-state index in [1.54, 1.807) is 0 Å². The van der Waals surface area contributed by atoms with Crippen LogP contribution in [0, 0.1) is 0 Å². The second kappa shape index (κ2) is 71.0. The minimum Gasteiger partial charge on any atom is -0.480 e. The number of nitrogens with two attached hydrogens (primary N) is 4. The fourth-order valence-corrected chi connectivity index (χ4v) is 13.4. The standard InChI is InChI=1S/C78H151N9O11S/c1-4-7-10-13-16-19-22-25-28-31-34-37-40-55-71(88)83-70(77(94)86-67(52-44-48-59-80)75(92)84-66(51-43-47-58-79)74(91)85-68(53-45-49-60-81)76(93)87-69(78(95)96)54-46-50-61-82)64-99-63-65(98-73(90)57-42-39-36-33-30-27-24-21-18-15-12-9-6-3)62-97-72(89)56-41-38-35-32-29-26-23-20-17-14-11-8-5-2/h65-70H,4-64,79-82H2,1-3H3,(H,83,88)(H,84,92)(H,85,91)(H,86,94)(H,87,93)(H,95,96)/t65-,66+,67+,68+,69+,70-/m1/s1. The van der Waals surface area contributed by atoms with E-state index in [1.807, 2.05) is 0 Å². The van der Waals surface area contributed by atoms with E-state index in [4.69, 9.17) is 32.4 Å². The van der Waals surface area contributed by atoms with E-state index in [0.29, 0.717) is 96.8 Å². The number of hydrogen-bond acceptors (Lipinski definition) is 15. The molecule has 0 spiro atoms. The number of amides is 5. The van der Waals surface area contributed by atoms with Gasteiger partial charge in [-0.1, -0.05) is 252 Å². The minimum absolute atomic E-state index is 0.0284. The summed E-state index contributed by atoms with van der Waals surface area (Å²) in [6.45, 7) is 7.91. The maximum absolute atomic E-state index is 14.8. The Morgan fingerprint density at radius 2 is 0.586 bits per heavy atom. The molecule has 14 N–H and O–H groups in total. The van der Waals surface area contributed by atoms with Crippen molar-refractivity contribution in [3.63, 3.8) is 0 Å². The van der Waals surface area contributed by atoms with Crippen molar-refractivity contribution in [1.82, 2.24) is 26.6 Å². The zero-order valence-electron chi connectivity index (χ0n) is 63.3. The number of ether oxygens (including phenoxy) is 2. The molecule has 0 rings (SSSR count). The summed E-state index contributed by atoms with van der Waals surface area (Å²) >= 11 is 1.27. The molecule has 0 saturated carbocycles. The fourth-order valence-electron chi connectivity index (χ4n) is 12.4. The summed E-state index contributed by atoms with van der Waals surface area (Å²) in [6, 6.07) is -5.86. The van der Waals surface area contributed by atoms with Crippen molar-refractivity contribution in [2.24, 2.45) is 22.9 Å². The first-order valence-electron chi connectivity index (χ1n) is 40.7. The van der Waals surface area contributed by atoms with Crippen molar-refractivity contribution in [2.45, 2.75) is 404 Å². The fraction of sp³-hybridized carbons (Fsp3) is 0.897. The summed E-state index contributed by atoms with van der Waals surface area (Å²) < 4.78 is 11.9. The van der Waals surface area contributed by atoms with Crippen molar-refractivity contribution in [3.05, 3.63) is 0 Å². The maximum Gasteiger partial charge on any atom is 0.326 e. The molecule has 0 aliphatic heterocycles. The molecule has 0 bridgehead atoms. The van der Waals surface area contributed by atoms with Gasteiger partial charge in [0, 0.05) is 30.8 Å². The highest BCUT2D eigenvalue weighted by atomic mass is 32.2. The van der Waals surface area contributed by atoms with Crippen LogP contribution in [-0.2, 0) is 47.8 Å². The lowest BCUT2D eigenvalue weighted by molar-refractivity contribution is -0.157. The van der Waals surface area contributed by atoms with Gasteiger partial charge in [0.2, 0.25) is 29.5 Å². The number of carboxylic acids is 1. The van der Waals surface area contributed by atoms with E-state index in [-0.39, 0.29) is 80.9 Å². The summed E-state index contributed by atoms with van der Waals surface area (Å²) in [4.78, 5) is 110. The Kier molecular flexibility index (Phi) is 68.1. The Labute approximate surface area is 606 Å². The van der Waals surface area contributed by atoms with Gasteiger partial charge in [0.05, 0.1) is 0 Å². The number of carbonyl (C=O) groups excluding carboxylic acids is 7. The number of nitrogens with one attached hydrogen (secondary N) is 5. The van der Waals surface area contributed by atoms with Gasteiger partial charge in [-0.2, -0.15) is 11.8 Å². The molecule has 6 atom stereocenters. The van der Waals surface area contributed by atoms with Gasteiger partial charge in [-0.15, -0.1) is 0 Å². The van der Waals surface area contributed by atoms with Crippen LogP contribution in [0.1, 0.15) is 367 Å². The van der Waals surface area contributed by atoms with Gasteiger partial charge in [-0.3, -0.25) is 33.6 Å². The van der Waals surface area contributed by atoms with E-state index in [9.17, 15) is 43.5 Å². The van der Waals surface area contributed by atoms with Crippen molar-refractivity contribution >= 4 is 59.2 Å². The molecule has 0 aromatic rings. The normalized spacial score (nSPS) is 13.2. The van der Waals surface area contributed by atoms with Crippen LogP contribution in [0.4, 0.5) is 0 Å². The minimum atomic E-state index is -1.22. The van der Waals surface area contributed by atoms with Gasteiger partial charge in [0.1, 0.15) is 42.9 Å². The van der Waals surface area contributed by atoms with E-state index in [0.717, 1.165) is 64.2 Å². The molecule has 21 heteroatoms. The van der Waals surface area contributed by atoms with Crippen LogP contribution in [0.3, 0.4) is 0 Å². The van der Waals surface area contributed by atoms with Crippen LogP contribution in [0.15, 0.2) is 0 Å². The lowest BCUT2D eigenvalue weighted by atomic mass is 10.0. The van der Waals surface area contributed by atoms with Gasteiger partial charge >= 0.3 is 17.9 Å². The third kappa shape index (κ3) is 59.1. The Morgan fingerprint density at radius 1 is 0.313 bits per heavy atom. The summed E-state index contributed by atoms with van der Waals surface area (Å²) in [5, 5.41) is 24.1. The van der Waals surface area contributed by atoms with Crippen LogP contribution in [0.25, 0.3) is 0 Å². The predicted molar refractivity (Wildman–Crippen MR) is 408 cm³/mol. The monoisotopic (exact) mass is 1420 g/mol. The van der Waals surface area contributed by atoms with E-state index >= 15 is 0 Å². The molecule has 580 valence electrons. The summed E-state index contributed by atoms with van der Waals surface area (Å²) in [7, 11) is 0. The van der Waals surface area contributed by atoms with E-state index in [2.05, 4.69) is 47.4 Å². The van der Waals surface area contributed by atoms with Crippen LogP contribution < -0.4 is 49.5 Å². The van der Waals surface area contributed by atoms with Crippen molar-refractivity contribution < 1.29 is 52.9 Å². The van der Waals surface area contributed by atoms with Crippen molar-refractivity contribution in [3.8, 4) is 0 Å². The Hall–Kier alpha value is -4.05. The number of aliphatic carboxylic acids is 1. The molecule has 0 saturated heterocycles. The molecule has 0 aromatic carbocycles. The van der Waals surface area contributed by atoms with Crippen molar-refractivity contribution in [1.29, 1.82) is 0 Å². The van der Waals surface area contributed by atoms with Crippen LogP contribution in [0.5, 0.6) is 0 Å². The van der Waals surface area contributed by atoms with Gasteiger partial charge in [-0.25, -0.2) is 4.79 Å². The molecule has 0 radical (unpaired) electrons. The highest BCUT2D eigenvalue weighted by Gasteiger charge is 2.33. The molecular formula is C78H151N9O11S. The van der Waals surface area contributed by atoms with Crippen molar-refractivity contribution in [2.75, 3.05) is 44.3 Å². The molecule has 5 amide bonds. The largest absolute Gasteiger partial charge is 0.480 e. The molecule has 0 aromatic heterocycles. The summed E-state index contributed by atoms with van der Waals surface area (Å²) in [6.07, 6.45) is 50.1. The first-order chi connectivity index (χ1) is 48.2. The van der Waals surface area contributed by atoms with E-state index in [1.165, 1.54) is 179 Å². The molecule has 99 heavy (non-hydrogen) atoms. The number of hydrogen-bond donors (Lipinski definition) is 10. The first kappa shape index (κ1) is 94.9. The zero-order valence-corrected chi connectivity index (χ0v) is 64.2. The lowest BCUT2D eigenvalue weighted by Gasteiger charge is -2.27. The highest BCUT2D eigenvalue weighted by Crippen LogP contribution is 2.20. The third-order valence-electron chi connectivity index (χ3n) is 18.7. The number of unbranched alkanes of at least 4 members (excludes halogenated alkanes) is 40. The number of carbonyl (C=O) groups is 8. The summed E-state index contributed by atoms with van der Waals surface area (Å²) in [5.41, 5.74) is 23.2. The lowest BCUT2D eigenvalue weighted by Crippen LogP contribution is -2.59. The topological polar surface area (TPSA) is 339 Å². The quantitative estimate of drug-likeness (QED) is 0.0200.